The molecule has 134 valence electrons. The predicted molar refractivity (Wildman–Crippen MR) is 105 cm³/mol. The van der Waals surface area contributed by atoms with E-state index >= 15 is 0 Å². The number of nitrogens with zero attached hydrogens (tertiary/aromatic N) is 1. The number of carbonyl (C=O) groups excluding carboxylic acids is 2. The van der Waals surface area contributed by atoms with Crippen molar-refractivity contribution in [3.63, 3.8) is 0 Å². The summed E-state index contributed by atoms with van der Waals surface area (Å²) in [6.07, 6.45) is 3.54. The second-order valence-electron chi connectivity index (χ2n) is 6.03. The van der Waals surface area contributed by atoms with Crippen LogP contribution in [-0.4, -0.2) is 22.6 Å². The fourth-order valence-corrected chi connectivity index (χ4v) is 3.43. The van der Waals surface area contributed by atoms with Crippen LogP contribution in [0.3, 0.4) is 0 Å². The molecule has 0 radical (unpaired) electrons. The van der Waals surface area contributed by atoms with Crippen LogP contribution in [0.5, 0.6) is 5.75 Å². The molecule has 1 heterocycles. The number of benzene rings is 2. The van der Waals surface area contributed by atoms with E-state index in [9.17, 15) is 9.59 Å². The second-order valence-corrected chi connectivity index (χ2v) is 7.02. The molecule has 0 atom stereocenters. The number of imide groups is 1. The van der Waals surface area contributed by atoms with E-state index in [-0.39, 0.29) is 11.1 Å². The minimum Gasteiger partial charge on any atom is -0.489 e. The highest BCUT2D eigenvalue weighted by Crippen LogP contribution is 2.32. The molecule has 0 saturated carbocycles. The summed E-state index contributed by atoms with van der Waals surface area (Å²) >= 11 is 1.01. The Balaban J connectivity index is 1.62. The lowest BCUT2D eigenvalue weighted by Crippen LogP contribution is -2.29. The smallest absolute Gasteiger partial charge is 0.293 e. The highest BCUT2D eigenvalue weighted by molar-refractivity contribution is 8.18. The molecule has 5 heteroatoms. The first-order chi connectivity index (χ1) is 12.7. The van der Waals surface area contributed by atoms with Gasteiger partial charge in [0.2, 0.25) is 0 Å². The van der Waals surface area contributed by atoms with Gasteiger partial charge in [-0.25, -0.2) is 0 Å². The molecular weight excluding hydrogens is 346 g/mol. The van der Waals surface area contributed by atoms with E-state index in [0.717, 1.165) is 41.5 Å². The van der Waals surface area contributed by atoms with Crippen LogP contribution in [0.25, 0.3) is 6.08 Å². The zero-order valence-corrected chi connectivity index (χ0v) is 15.5. The maximum Gasteiger partial charge on any atom is 0.293 e. The van der Waals surface area contributed by atoms with Crippen LogP contribution in [-0.2, 0) is 11.4 Å². The first-order valence-electron chi connectivity index (χ1n) is 8.69. The van der Waals surface area contributed by atoms with Crippen LogP contribution < -0.4 is 4.74 Å². The molecule has 1 aliphatic rings. The SMILES string of the molecule is CCCCN1C(=O)SC(=Cc2ccc(OCc3ccccc3)cc2)C1=O. The quantitative estimate of drug-likeness (QED) is 0.639. The number of rotatable bonds is 7. The van der Waals surface area contributed by atoms with Gasteiger partial charge in [-0.2, -0.15) is 0 Å². The Morgan fingerprint density at radius 1 is 1.04 bits per heavy atom. The first kappa shape index (κ1) is 18.3. The summed E-state index contributed by atoms with van der Waals surface area (Å²) in [7, 11) is 0. The van der Waals surface area contributed by atoms with Crippen LogP contribution in [0.1, 0.15) is 30.9 Å². The Kier molecular flexibility index (Phi) is 6.12. The minimum absolute atomic E-state index is 0.183. The van der Waals surface area contributed by atoms with Gasteiger partial charge in [0.05, 0.1) is 4.91 Å². The number of carbonyl (C=O) groups is 2. The first-order valence-corrected chi connectivity index (χ1v) is 9.51. The van der Waals surface area contributed by atoms with Crippen molar-refractivity contribution in [3.05, 3.63) is 70.6 Å². The molecule has 0 unspecified atom stereocenters. The number of amides is 2. The van der Waals surface area contributed by atoms with E-state index in [1.165, 1.54) is 4.90 Å². The van der Waals surface area contributed by atoms with E-state index in [0.29, 0.717) is 18.1 Å². The summed E-state index contributed by atoms with van der Waals surface area (Å²) in [5.41, 5.74) is 1.98. The van der Waals surface area contributed by atoms with E-state index < -0.39 is 0 Å². The van der Waals surface area contributed by atoms with Gasteiger partial charge in [-0.1, -0.05) is 55.8 Å². The Labute approximate surface area is 157 Å². The summed E-state index contributed by atoms with van der Waals surface area (Å²) < 4.78 is 5.76. The maximum absolute atomic E-state index is 12.3. The Morgan fingerprint density at radius 2 is 1.77 bits per heavy atom. The predicted octanol–water partition coefficient (Wildman–Crippen LogP) is 5.10. The van der Waals surface area contributed by atoms with E-state index in [2.05, 4.69) is 0 Å². The summed E-state index contributed by atoms with van der Waals surface area (Å²) in [5, 5.41) is -0.183. The molecule has 4 nitrogen and oxygen atoms in total. The topological polar surface area (TPSA) is 46.6 Å². The van der Waals surface area contributed by atoms with Gasteiger partial charge in [-0.05, 0) is 47.5 Å². The zero-order valence-electron chi connectivity index (χ0n) is 14.7. The Morgan fingerprint density at radius 3 is 2.46 bits per heavy atom. The normalized spacial score (nSPS) is 15.7. The molecule has 1 fully saturated rings. The van der Waals surface area contributed by atoms with E-state index in [1.807, 2.05) is 61.5 Å². The molecule has 2 aromatic carbocycles. The molecule has 0 spiro atoms. The summed E-state index contributed by atoms with van der Waals surface area (Å²) in [4.78, 5) is 26.1. The molecule has 3 rings (SSSR count). The molecule has 0 bridgehead atoms. The van der Waals surface area contributed by atoms with Crippen molar-refractivity contribution in [2.24, 2.45) is 0 Å². The Bertz CT molecular complexity index is 800. The Hall–Kier alpha value is -2.53. The van der Waals surface area contributed by atoms with Crippen molar-refractivity contribution in [3.8, 4) is 5.75 Å². The highest BCUT2D eigenvalue weighted by atomic mass is 32.2. The van der Waals surface area contributed by atoms with Crippen molar-refractivity contribution in [2.45, 2.75) is 26.4 Å². The molecule has 0 aliphatic carbocycles. The molecular formula is C21H21NO3S. The van der Waals surface area contributed by atoms with E-state index in [4.69, 9.17) is 4.74 Å². The van der Waals surface area contributed by atoms with Gasteiger partial charge < -0.3 is 4.74 Å². The third-order valence-corrected chi connectivity index (χ3v) is 4.94. The average molecular weight is 367 g/mol. The molecule has 1 aliphatic heterocycles. The van der Waals surface area contributed by atoms with Gasteiger partial charge in [0, 0.05) is 6.54 Å². The number of unbranched alkanes of at least 4 members (excludes halogenated alkanes) is 1. The lowest BCUT2D eigenvalue weighted by Gasteiger charge is -2.10. The molecule has 26 heavy (non-hydrogen) atoms. The fraction of sp³-hybridized carbons (Fsp3) is 0.238. The van der Waals surface area contributed by atoms with Gasteiger partial charge in [-0.3, -0.25) is 14.5 Å². The zero-order chi connectivity index (χ0) is 18.4. The van der Waals surface area contributed by atoms with Crippen LogP contribution in [0.15, 0.2) is 59.5 Å². The van der Waals surface area contributed by atoms with Crippen LogP contribution in [0, 0.1) is 0 Å². The fourth-order valence-electron chi connectivity index (χ4n) is 2.56. The third-order valence-electron chi connectivity index (χ3n) is 4.04. The van der Waals surface area contributed by atoms with Crippen molar-refractivity contribution in [1.82, 2.24) is 4.90 Å². The molecule has 2 aromatic rings. The van der Waals surface area contributed by atoms with Gasteiger partial charge >= 0.3 is 0 Å². The maximum atomic E-state index is 12.3. The number of thioether (sulfide) groups is 1. The molecule has 2 amide bonds. The molecule has 0 N–H and O–H groups in total. The van der Waals surface area contributed by atoms with Crippen molar-refractivity contribution in [1.29, 1.82) is 0 Å². The van der Waals surface area contributed by atoms with Crippen molar-refractivity contribution >= 4 is 29.0 Å². The van der Waals surface area contributed by atoms with Gasteiger partial charge in [-0.15, -0.1) is 0 Å². The standard InChI is InChI=1S/C21H21NO3S/c1-2-3-13-22-20(23)19(26-21(22)24)14-16-9-11-18(12-10-16)25-15-17-7-5-4-6-8-17/h4-12,14H,2-3,13,15H2,1H3. The lowest BCUT2D eigenvalue weighted by atomic mass is 10.2. The van der Waals surface area contributed by atoms with Crippen LogP contribution in [0.2, 0.25) is 0 Å². The summed E-state index contributed by atoms with van der Waals surface area (Å²) in [6, 6.07) is 17.5. The van der Waals surface area contributed by atoms with Crippen LogP contribution >= 0.6 is 11.8 Å². The molecule has 0 aromatic heterocycles. The van der Waals surface area contributed by atoms with Gasteiger partial charge in [0.15, 0.2) is 0 Å². The monoisotopic (exact) mass is 367 g/mol. The van der Waals surface area contributed by atoms with Crippen LogP contribution in [0.4, 0.5) is 4.79 Å². The number of hydrogen-bond donors (Lipinski definition) is 0. The van der Waals surface area contributed by atoms with Gasteiger partial charge in [0.25, 0.3) is 11.1 Å². The molecule has 1 saturated heterocycles. The van der Waals surface area contributed by atoms with E-state index in [1.54, 1.807) is 6.08 Å². The van der Waals surface area contributed by atoms with Gasteiger partial charge in [0.1, 0.15) is 12.4 Å². The summed E-state index contributed by atoms with van der Waals surface area (Å²) in [5.74, 6) is 0.569. The average Bonchev–Trinajstić information content (AvgIpc) is 2.93. The number of hydrogen-bond acceptors (Lipinski definition) is 4. The van der Waals surface area contributed by atoms with Crippen molar-refractivity contribution < 1.29 is 14.3 Å². The minimum atomic E-state index is -0.196. The lowest BCUT2D eigenvalue weighted by molar-refractivity contribution is -0.122. The highest BCUT2D eigenvalue weighted by Gasteiger charge is 2.34. The number of ether oxygens (including phenoxy) is 1. The van der Waals surface area contributed by atoms with Crippen molar-refractivity contribution in [2.75, 3.05) is 6.54 Å². The largest absolute Gasteiger partial charge is 0.489 e. The summed E-state index contributed by atoms with van der Waals surface area (Å²) in [6.45, 7) is 3.04. The second kappa shape index (κ2) is 8.72. The third kappa shape index (κ3) is 4.55.